The Labute approximate surface area is 131 Å². The average Bonchev–Trinajstić information content (AvgIpc) is 2.97. The number of aryl methyl sites for hydroxylation is 1. The van der Waals surface area contributed by atoms with Crippen molar-refractivity contribution in [2.45, 2.75) is 18.5 Å². The van der Waals surface area contributed by atoms with Crippen LogP contribution in [0, 0.1) is 6.92 Å². The molecule has 0 aliphatic heterocycles. The van der Waals surface area contributed by atoms with Crippen LogP contribution in [0.15, 0.2) is 40.9 Å². The fraction of sp³-hybridized carbons (Fsp3) is 0.154. The highest BCUT2D eigenvalue weighted by atomic mass is 35.5. The summed E-state index contributed by atoms with van der Waals surface area (Å²) in [5.41, 5.74) is 2.01. The number of halogens is 1. The molecule has 1 aromatic carbocycles. The lowest BCUT2D eigenvalue weighted by molar-refractivity contribution is 0.576. The number of thiazole rings is 1. The van der Waals surface area contributed by atoms with Gasteiger partial charge in [0.2, 0.25) is 0 Å². The number of nitrogens with zero attached hydrogens (tertiary/aromatic N) is 2. The van der Waals surface area contributed by atoms with E-state index in [1.54, 1.807) is 11.6 Å². The Morgan fingerprint density at radius 3 is 2.76 bits per heavy atom. The van der Waals surface area contributed by atoms with Crippen molar-refractivity contribution in [1.82, 2.24) is 14.1 Å². The summed E-state index contributed by atoms with van der Waals surface area (Å²) in [4.78, 5) is 4.59. The maximum absolute atomic E-state index is 12.4. The third-order valence-corrected chi connectivity index (χ3v) is 5.58. The van der Waals surface area contributed by atoms with Gasteiger partial charge >= 0.3 is 0 Å². The van der Waals surface area contributed by atoms with Gasteiger partial charge in [-0.3, -0.25) is 4.40 Å². The second-order valence-electron chi connectivity index (χ2n) is 4.57. The maximum atomic E-state index is 12.4. The zero-order valence-electron chi connectivity index (χ0n) is 11.1. The van der Waals surface area contributed by atoms with Gasteiger partial charge in [-0.05, 0) is 12.5 Å². The Bertz CT molecular complexity index is 882. The molecule has 0 bridgehead atoms. The van der Waals surface area contributed by atoms with Crippen molar-refractivity contribution in [3.05, 3.63) is 52.1 Å². The van der Waals surface area contributed by atoms with Crippen LogP contribution in [0.25, 0.3) is 4.96 Å². The lowest BCUT2D eigenvalue weighted by atomic mass is 10.2. The highest BCUT2D eigenvalue weighted by Gasteiger charge is 2.24. The van der Waals surface area contributed by atoms with Crippen LogP contribution in [0.4, 0.5) is 0 Å². The summed E-state index contributed by atoms with van der Waals surface area (Å²) in [6, 6.07) is 7.64. The molecule has 0 unspecified atom stereocenters. The predicted molar refractivity (Wildman–Crippen MR) is 83.3 cm³/mol. The van der Waals surface area contributed by atoms with Crippen molar-refractivity contribution in [2.24, 2.45) is 0 Å². The van der Waals surface area contributed by atoms with Gasteiger partial charge < -0.3 is 0 Å². The van der Waals surface area contributed by atoms with Gasteiger partial charge in [-0.25, -0.2) is 18.1 Å². The van der Waals surface area contributed by atoms with Crippen LogP contribution >= 0.6 is 22.9 Å². The third kappa shape index (κ3) is 2.82. The summed E-state index contributed by atoms with van der Waals surface area (Å²) < 4.78 is 28.9. The number of sulfonamides is 1. The molecule has 0 spiro atoms. The second kappa shape index (κ2) is 5.42. The van der Waals surface area contributed by atoms with Crippen molar-refractivity contribution in [3.63, 3.8) is 0 Å². The predicted octanol–water partition coefficient (Wildman–Crippen LogP) is 2.84. The van der Waals surface area contributed by atoms with E-state index in [2.05, 4.69) is 9.71 Å². The molecule has 0 radical (unpaired) electrons. The maximum Gasteiger partial charge on any atom is 0.260 e. The number of rotatable bonds is 4. The van der Waals surface area contributed by atoms with Crippen molar-refractivity contribution in [1.29, 1.82) is 0 Å². The largest absolute Gasteiger partial charge is 0.279 e. The molecule has 2 aromatic heterocycles. The Balaban J connectivity index is 1.88. The number of nitrogens with one attached hydrogen (secondary N) is 1. The number of hydrogen-bond donors (Lipinski definition) is 1. The molecule has 110 valence electrons. The van der Waals surface area contributed by atoms with Crippen LogP contribution in [-0.2, 0) is 16.6 Å². The molecule has 0 aliphatic rings. The minimum Gasteiger partial charge on any atom is -0.279 e. The van der Waals surface area contributed by atoms with Crippen LogP contribution in [0.5, 0.6) is 0 Å². The number of benzene rings is 1. The first-order valence-corrected chi connectivity index (χ1v) is 8.88. The normalized spacial score (nSPS) is 12.1. The molecule has 0 fully saturated rings. The highest BCUT2D eigenvalue weighted by molar-refractivity contribution is 7.89. The Morgan fingerprint density at radius 1 is 1.33 bits per heavy atom. The van der Waals surface area contributed by atoms with E-state index in [0.29, 0.717) is 4.96 Å². The molecule has 3 aromatic rings. The Kier molecular flexibility index (Phi) is 3.75. The van der Waals surface area contributed by atoms with E-state index in [1.165, 1.54) is 15.7 Å². The van der Waals surface area contributed by atoms with Gasteiger partial charge in [-0.1, -0.05) is 41.4 Å². The minimum atomic E-state index is -3.73. The van der Waals surface area contributed by atoms with E-state index >= 15 is 0 Å². The van der Waals surface area contributed by atoms with Crippen LogP contribution in [0.2, 0.25) is 5.15 Å². The summed E-state index contributed by atoms with van der Waals surface area (Å²) in [5, 5.41) is 1.73. The lowest BCUT2D eigenvalue weighted by Crippen LogP contribution is -2.24. The number of fused-ring (bicyclic) bond motifs is 1. The van der Waals surface area contributed by atoms with Gasteiger partial charge in [-0.15, -0.1) is 11.3 Å². The van der Waals surface area contributed by atoms with E-state index in [-0.39, 0.29) is 16.7 Å². The molecule has 21 heavy (non-hydrogen) atoms. The summed E-state index contributed by atoms with van der Waals surface area (Å²) in [7, 11) is -3.73. The van der Waals surface area contributed by atoms with Gasteiger partial charge in [0, 0.05) is 18.1 Å². The fourth-order valence-corrected chi connectivity index (χ4v) is 4.40. The second-order valence-corrected chi connectivity index (χ2v) is 7.49. The molecule has 5 nitrogen and oxygen atoms in total. The van der Waals surface area contributed by atoms with E-state index in [1.807, 2.05) is 31.2 Å². The average molecular weight is 342 g/mol. The highest BCUT2D eigenvalue weighted by Crippen LogP contribution is 2.25. The van der Waals surface area contributed by atoms with Crippen molar-refractivity contribution < 1.29 is 8.42 Å². The van der Waals surface area contributed by atoms with Crippen LogP contribution in [0.1, 0.15) is 11.1 Å². The molecule has 0 aliphatic carbocycles. The van der Waals surface area contributed by atoms with Gasteiger partial charge in [0.25, 0.3) is 10.0 Å². The first kappa shape index (κ1) is 14.5. The zero-order chi connectivity index (χ0) is 15.0. The summed E-state index contributed by atoms with van der Waals surface area (Å²) >= 11 is 7.28. The summed E-state index contributed by atoms with van der Waals surface area (Å²) in [6.45, 7) is 2.18. The van der Waals surface area contributed by atoms with Gasteiger partial charge in [0.05, 0.1) is 0 Å². The molecule has 0 saturated heterocycles. The standard InChI is InChI=1S/C13H12ClN3O2S2/c1-9-2-4-10(5-3-9)8-15-21(18,19)12-11(14)16-13-17(12)6-7-20-13/h2-7,15H,8H2,1H3. The van der Waals surface area contributed by atoms with E-state index in [4.69, 9.17) is 11.6 Å². The monoisotopic (exact) mass is 341 g/mol. The molecule has 2 heterocycles. The number of hydrogen-bond acceptors (Lipinski definition) is 4. The topological polar surface area (TPSA) is 63.5 Å². The van der Waals surface area contributed by atoms with E-state index in [9.17, 15) is 8.42 Å². The first-order valence-electron chi connectivity index (χ1n) is 6.13. The molecule has 0 atom stereocenters. The van der Waals surface area contributed by atoms with E-state index < -0.39 is 10.0 Å². The summed E-state index contributed by atoms with van der Waals surface area (Å²) in [5.74, 6) is 0. The Morgan fingerprint density at radius 2 is 2.05 bits per heavy atom. The van der Waals surface area contributed by atoms with E-state index in [0.717, 1.165) is 11.1 Å². The minimum absolute atomic E-state index is 0.0155. The molecule has 1 N–H and O–H groups in total. The molecule has 3 rings (SSSR count). The molecular formula is C13H12ClN3O2S2. The van der Waals surface area contributed by atoms with Crippen LogP contribution in [0.3, 0.4) is 0 Å². The van der Waals surface area contributed by atoms with Gasteiger partial charge in [0.1, 0.15) is 0 Å². The van der Waals surface area contributed by atoms with Crippen LogP contribution < -0.4 is 4.72 Å². The molecule has 0 saturated carbocycles. The van der Waals surface area contributed by atoms with Crippen molar-refractivity contribution in [2.75, 3.05) is 0 Å². The van der Waals surface area contributed by atoms with Crippen LogP contribution in [-0.4, -0.2) is 17.8 Å². The first-order chi connectivity index (χ1) is 9.97. The zero-order valence-corrected chi connectivity index (χ0v) is 13.5. The van der Waals surface area contributed by atoms with Gasteiger partial charge in [0.15, 0.2) is 15.1 Å². The molecular weight excluding hydrogens is 330 g/mol. The van der Waals surface area contributed by atoms with Crippen molar-refractivity contribution in [3.8, 4) is 0 Å². The van der Waals surface area contributed by atoms with Gasteiger partial charge in [-0.2, -0.15) is 0 Å². The lowest BCUT2D eigenvalue weighted by Gasteiger charge is -2.06. The third-order valence-electron chi connectivity index (χ3n) is 3.02. The fourth-order valence-electron chi connectivity index (χ4n) is 1.93. The molecule has 0 amide bonds. The molecule has 8 heteroatoms. The number of aromatic nitrogens is 2. The SMILES string of the molecule is Cc1ccc(CNS(=O)(=O)c2c(Cl)nc3sccn23)cc1. The Hall–Kier alpha value is -1.41. The smallest absolute Gasteiger partial charge is 0.260 e. The summed E-state index contributed by atoms with van der Waals surface area (Å²) in [6.07, 6.45) is 1.64. The number of imidazole rings is 1. The quantitative estimate of drug-likeness (QED) is 0.793. The van der Waals surface area contributed by atoms with Crippen molar-refractivity contribution >= 4 is 37.9 Å².